The second-order valence-electron chi connectivity index (χ2n) is 8.44. The van der Waals surface area contributed by atoms with Gasteiger partial charge in [0.1, 0.15) is 0 Å². The predicted molar refractivity (Wildman–Crippen MR) is 104 cm³/mol. The summed E-state index contributed by atoms with van der Waals surface area (Å²) >= 11 is 0. The van der Waals surface area contributed by atoms with E-state index in [9.17, 15) is 65.5 Å². The highest BCUT2D eigenvalue weighted by molar-refractivity contribution is 7.89. The second-order valence-corrected chi connectivity index (χ2v) is 10.4. The number of sulfonamides is 1. The summed E-state index contributed by atoms with van der Waals surface area (Å²) in [5, 5.41) is 0. The summed E-state index contributed by atoms with van der Waals surface area (Å²) in [5.41, 5.74) is -2.01. The summed E-state index contributed by atoms with van der Waals surface area (Å²) < 4.78 is 201. The Labute approximate surface area is 205 Å². The maximum Gasteiger partial charge on any atom is 0.460 e. The number of alkyl halides is 13. The van der Waals surface area contributed by atoms with Gasteiger partial charge in [0, 0.05) is 18.7 Å². The van der Waals surface area contributed by atoms with Crippen LogP contribution in [0.5, 0.6) is 0 Å². The molecule has 212 valence electrons. The van der Waals surface area contributed by atoms with Crippen molar-refractivity contribution in [3.63, 3.8) is 0 Å². The average Bonchev–Trinajstić information content (AvgIpc) is 3.22. The largest absolute Gasteiger partial charge is 0.460 e. The smallest absolute Gasteiger partial charge is 0.207 e. The van der Waals surface area contributed by atoms with Gasteiger partial charge in [0.2, 0.25) is 10.0 Å². The van der Waals surface area contributed by atoms with E-state index in [1.165, 1.54) is 24.3 Å². The topological polar surface area (TPSA) is 37.4 Å². The van der Waals surface area contributed by atoms with E-state index in [1.54, 1.807) is 6.92 Å². The molecule has 0 radical (unpaired) electrons. The lowest BCUT2D eigenvalue weighted by molar-refractivity contribution is -0.441. The molecule has 0 spiro atoms. The first-order valence-corrected chi connectivity index (χ1v) is 11.5. The van der Waals surface area contributed by atoms with Gasteiger partial charge in [0.25, 0.3) is 0 Å². The highest BCUT2D eigenvalue weighted by Crippen LogP contribution is 2.62. The van der Waals surface area contributed by atoms with Gasteiger partial charge in [-0.1, -0.05) is 29.8 Å². The maximum absolute atomic E-state index is 14.5. The van der Waals surface area contributed by atoms with Crippen molar-refractivity contribution in [1.29, 1.82) is 0 Å². The number of fused-ring (bicyclic) bond motifs is 1. The van der Waals surface area contributed by atoms with Gasteiger partial charge in [0.05, 0.1) is 4.90 Å². The predicted octanol–water partition coefficient (Wildman–Crippen LogP) is 6.89. The summed E-state index contributed by atoms with van der Waals surface area (Å²) in [7, 11) is -4.28. The molecule has 1 aliphatic heterocycles. The first kappa shape index (κ1) is 30.0. The fourth-order valence-electron chi connectivity index (χ4n) is 3.54. The van der Waals surface area contributed by atoms with Crippen LogP contribution in [-0.2, 0) is 29.0 Å². The zero-order valence-corrected chi connectivity index (χ0v) is 19.4. The van der Waals surface area contributed by atoms with E-state index in [-0.39, 0.29) is 22.6 Å². The molecule has 17 heteroatoms. The van der Waals surface area contributed by atoms with Gasteiger partial charge in [-0.15, -0.1) is 0 Å². The van der Waals surface area contributed by atoms with E-state index >= 15 is 0 Å². The molecule has 2 aromatic rings. The fourth-order valence-corrected chi connectivity index (χ4v) is 4.93. The molecule has 0 fully saturated rings. The first-order valence-electron chi connectivity index (χ1n) is 10.1. The zero-order chi connectivity index (χ0) is 29.3. The molecule has 1 heterocycles. The molecule has 0 unspecified atom stereocenters. The van der Waals surface area contributed by atoms with E-state index < -0.39 is 70.0 Å². The molecule has 0 saturated carbocycles. The minimum atomic E-state index is -8.00. The van der Waals surface area contributed by atoms with Crippen molar-refractivity contribution >= 4 is 10.0 Å². The Kier molecular flexibility index (Phi) is 6.88. The third-order valence-electron chi connectivity index (χ3n) is 5.85. The number of hydrogen-bond acceptors (Lipinski definition) is 2. The summed E-state index contributed by atoms with van der Waals surface area (Å²) in [6.07, 6.45) is -7.49. The molecule has 0 aromatic heterocycles. The average molecular weight is 591 g/mol. The number of halogens is 13. The second kappa shape index (κ2) is 8.72. The third kappa shape index (κ3) is 4.21. The van der Waals surface area contributed by atoms with Crippen molar-refractivity contribution < 1.29 is 65.5 Å². The Bertz CT molecular complexity index is 1320. The van der Waals surface area contributed by atoms with Crippen LogP contribution in [0.1, 0.15) is 22.3 Å². The summed E-state index contributed by atoms with van der Waals surface area (Å²) in [4.78, 5) is -0.250. The van der Waals surface area contributed by atoms with Gasteiger partial charge in [-0.05, 0) is 36.2 Å². The van der Waals surface area contributed by atoms with Crippen LogP contribution in [0.4, 0.5) is 57.1 Å². The molecule has 0 aliphatic carbocycles. The Morgan fingerprint density at radius 3 is 1.61 bits per heavy atom. The van der Waals surface area contributed by atoms with Gasteiger partial charge < -0.3 is 0 Å². The van der Waals surface area contributed by atoms with Crippen LogP contribution in [0, 0.1) is 6.92 Å². The van der Waals surface area contributed by atoms with Crippen LogP contribution in [0.3, 0.4) is 0 Å². The number of rotatable bonds is 7. The van der Waals surface area contributed by atoms with Crippen molar-refractivity contribution in [2.24, 2.45) is 0 Å². The van der Waals surface area contributed by atoms with Crippen LogP contribution < -0.4 is 0 Å². The standard InChI is InChI=1S/C21H14F13NO2S/c1-11-2-6-15(7-3-11)38(36,37)35-9-12-4-5-14(8-13(12)10-35)16(22,23)17(24,25)18(26,27)19(28,29)20(30,31)21(32,33)34/h2-8H,9-10H2,1H3. The van der Waals surface area contributed by atoms with Gasteiger partial charge in [-0.25, -0.2) is 8.42 Å². The maximum atomic E-state index is 14.5. The third-order valence-corrected chi connectivity index (χ3v) is 7.66. The lowest BCUT2D eigenvalue weighted by atomic mass is 9.89. The van der Waals surface area contributed by atoms with Crippen molar-refractivity contribution in [2.45, 2.75) is 60.7 Å². The molecule has 0 N–H and O–H groups in total. The molecule has 0 amide bonds. The zero-order valence-electron chi connectivity index (χ0n) is 18.5. The highest BCUT2D eigenvalue weighted by atomic mass is 32.2. The molecule has 38 heavy (non-hydrogen) atoms. The molecule has 3 rings (SSSR count). The van der Waals surface area contributed by atoms with E-state index in [1.807, 2.05) is 0 Å². The van der Waals surface area contributed by atoms with Crippen LogP contribution >= 0.6 is 0 Å². The number of aryl methyl sites for hydroxylation is 1. The van der Waals surface area contributed by atoms with Crippen LogP contribution in [0.15, 0.2) is 47.4 Å². The first-order chi connectivity index (χ1) is 16.9. The highest BCUT2D eigenvalue weighted by Gasteiger charge is 2.90. The van der Waals surface area contributed by atoms with E-state index in [2.05, 4.69) is 0 Å². The summed E-state index contributed by atoms with van der Waals surface area (Å²) in [6.45, 7) is 0.378. The van der Waals surface area contributed by atoms with Crippen molar-refractivity contribution in [2.75, 3.05) is 0 Å². The van der Waals surface area contributed by atoms with Crippen molar-refractivity contribution in [3.05, 3.63) is 64.7 Å². The van der Waals surface area contributed by atoms with Crippen LogP contribution in [0.2, 0.25) is 0 Å². The Morgan fingerprint density at radius 1 is 0.632 bits per heavy atom. The Morgan fingerprint density at radius 2 is 1.11 bits per heavy atom. The van der Waals surface area contributed by atoms with Crippen LogP contribution in [0.25, 0.3) is 0 Å². The lowest BCUT2D eigenvalue weighted by Crippen LogP contribution is -2.69. The molecule has 0 bridgehead atoms. The SMILES string of the molecule is Cc1ccc(S(=O)(=O)N2Cc3ccc(C(F)(F)C(F)(F)C(F)(F)C(F)(F)C(F)(F)C(F)(F)F)cc3C2)cc1. The molecule has 1 aliphatic rings. The summed E-state index contributed by atoms with van der Waals surface area (Å²) in [6, 6.07) is 5.92. The van der Waals surface area contributed by atoms with E-state index in [4.69, 9.17) is 0 Å². The Hall–Kier alpha value is -2.56. The van der Waals surface area contributed by atoms with Gasteiger partial charge >= 0.3 is 35.8 Å². The quantitative estimate of drug-likeness (QED) is 0.329. The molecule has 3 nitrogen and oxygen atoms in total. The van der Waals surface area contributed by atoms with Gasteiger partial charge in [0.15, 0.2) is 0 Å². The molecule has 0 saturated heterocycles. The van der Waals surface area contributed by atoms with Crippen LogP contribution in [-0.4, -0.2) is 42.6 Å². The molecule has 0 atom stereocenters. The number of nitrogens with zero attached hydrogens (tertiary/aromatic N) is 1. The monoisotopic (exact) mass is 591 g/mol. The van der Waals surface area contributed by atoms with E-state index in [0.717, 1.165) is 0 Å². The minimum absolute atomic E-state index is 0.0187. The number of hydrogen-bond donors (Lipinski definition) is 0. The molecular formula is C21H14F13NO2S. The fraction of sp³-hybridized carbons (Fsp3) is 0.429. The van der Waals surface area contributed by atoms with Crippen molar-refractivity contribution in [3.8, 4) is 0 Å². The molecule has 2 aromatic carbocycles. The van der Waals surface area contributed by atoms with E-state index in [0.29, 0.717) is 15.9 Å². The van der Waals surface area contributed by atoms with Gasteiger partial charge in [-0.3, -0.25) is 0 Å². The van der Waals surface area contributed by atoms with Gasteiger partial charge in [-0.2, -0.15) is 61.4 Å². The summed E-state index contributed by atoms with van der Waals surface area (Å²) in [5.74, 6) is -37.6. The number of benzene rings is 2. The Balaban J connectivity index is 1.98. The molecular weight excluding hydrogens is 577 g/mol. The van der Waals surface area contributed by atoms with Crippen molar-refractivity contribution in [1.82, 2.24) is 4.31 Å². The minimum Gasteiger partial charge on any atom is -0.207 e. The normalized spacial score (nSPS) is 16.6. The lowest BCUT2D eigenvalue weighted by Gasteiger charge is -2.39.